The van der Waals surface area contributed by atoms with Crippen LogP contribution in [0.2, 0.25) is 0 Å². The Balaban J connectivity index is 1.81. The Labute approximate surface area is 176 Å². The van der Waals surface area contributed by atoms with Crippen LogP contribution in [0.4, 0.5) is 10.5 Å². The summed E-state index contributed by atoms with van der Waals surface area (Å²) in [5.74, 6) is 1.36. The maximum atomic E-state index is 12.6. The molecule has 8 nitrogen and oxygen atoms in total. The van der Waals surface area contributed by atoms with Gasteiger partial charge in [-0.3, -0.25) is 4.79 Å². The second-order valence-electron chi connectivity index (χ2n) is 7.19. The second kappa shape index (κ2) is 8.86. The maximum absolute atomic E-state index is 12.6. The predicted molar refractivity (Wildman–Crippen MR) is 117 cm³/mol. The fraction of sp³-hybridized carbons (Fsp3) is 0.318. The number of nitrogens with zero attached hydrogens (tertiary/aromatic N) is 4. The monoisotopic (exact) mass is 409 g/mol. The van der Waals surface area contributed by atoms with Gasteiger partial charge in [-0.1, -0.05) is 6.07 Å². The molecule has 1 N–H and O–H groups in total. The number of anilines is 1. The average molecular weight is 409 g/mol. The average Bonchev–Trinajstić information content (AvgIpc) is 3.08. The SMILES string of the molecule is CCn1c(CN(C)C(=O)Nc2cccc(OC)c2)nc2cc(C(=O)N(C)C)ccc21. The Kier molecular flexibility index (Phi) is 6.25. The molecule has 0 spiro atoms. The van der Waals surface area contributed by atoms with Crippen LogP contribution in [-0.2, 0) is 13.1 Å². The summed E-state index contributed by atoms with van der Waals surface area (Å²) in [7, 11) is 6.74. The van der Waals surface area contributed by atoms with Crippen LogP contribution in [0.15, 0.2) is 42.5 Å². The minimum Gasteiger partial charge on any atom is -0.497 e. The van der Waals surface area contributed by atoms with E-state index in [1.807, 2.05) is 31.2 Å². The van der Waals surface area contributed by atoms with E-state index in [1.54, 1.807) is 51.4 Å². The molecule has 1 aromatic heterocycles. The van der Waals surface area contributed by atoms with Crippen LogP contribution in [0, 0.1) is 0 Å². The molecule has 0 saturated heterocycles. The van der Waals surface area contributed by atoms with Gasteiger partial charge in [0.1, 0.15) is 11.6 Å². The lowest BCUT2D eigenvalue weighted by atomic mass is 10.2. The van der Waals surface area contributed by atoms with Gasteiger partial charge in [0.05, 0.1) is 24.7 Å². The number of amides is 3. The van der Waals surface area contributed by atoms with E-state index >= 15 is 0 Å². The first kappa shape index (κ1) is 21.2. The first-order valence-electron chi connectivity index (χ1n) is 9.71. The van der Waals surface area contributed by atoms with Gasteiger partial charge in [0, 0.05) is 45.0 Å². The second-order valence-corrected chi connectivity index (χ2v) is 7.19. The van der Waals surface area contributed by atoms with Gasteiger partial charge < -0.3 is 24.4 Å². The van der Waals surface area contributed by atoms with E-state index in [9.17, 15) is 9.59 Å². The number of carbonyl (C=O) groups excluding carboxylic acids is 2. The highest BCUT2D eigenvalue weighted by molar-refractivity contribution is 5.97. The fourth-order valence-corrected chi connectivity index (χ4v) is 3.25. The smallest absolute Gasteiger partial charge is 0.321 e. The Morgan fingerprint density at radius 3 is 2.57 bits per heavy atom. The Bertz CT molecular complexity index is 1070. The third-order valence-corrected chi connectivity index (χ3v) is 4.84. The van der Waals surface area contributed by atoms with E-state index in [2.05, 4.69) is 9.88 Å². The van der Waals surface area contributed by atoms with Crippen LogP contribution in [0.3, 0.4) is 0 Å². The summed E-state index contributed by atoms with van der Waals surface area (Å²) in [5.41, 5.74) is 2.91. The van der Waals surface area contributed by atoms with E-state index < -0.39 is 0 Å². The molecule has 0 fully saturated rings. The molecular formula is C22H27N5O3. The minimum absolute atomic E-state index is 0.0701. The number of nitrogens with one attached hydrogen (secondary N) is 1. The topological polar surface area (TPSA) is 79.7 Å². The van der Waals surface area contributed by atoms with E-state index in [4.69, 9.17) is 9.72 Å². The summed E-state index contributed by atoms with van der Waals surface area (Å²) in [6.45, 7) is 3.06. The number of benzene rings is 2. The van der Waals surface area contributed by atoms with Crippen molar-refractivity contribution in [3.63, 3.8) is 0 Å². The zero-order valence-electron chi connectivity index (χ0n) is 18.0. The molecule has 1 heterocycles. The third-order valence-electron chi connectivity index (χ3n) is 4.84. The summed E-state index contributed by atoms with van der Waals surface area (Å²) in [6.07, 6.45) is 0. The quantitative estimate of drug-likeness (QED) is 0.676. The van der Waals surface area contributed by atoms with E-state index in [0.29, 0.717) is 30.1 Å². The third kappa shape index (κ3) is 4.37. The molecule has 8 heteroatoms. The van der Waals surface area contributed by atoms with Gasteiger partial charge in [-0.15, -0.1) is 0 Å². The summed E-state index contributed by atoms with van der Waals surface area (Å²) in [4.78, 5) is 32.7. The Morgan fingerprint density at radius 2 is 1.90 bits per heavy atom. The van der Waals surface area contributed by atoms with Crippen molar-refractivity contribution in [1.29, 1.82) is 0 Å². The number of hydrogen-bond donors (Lipinski definition) is 1. The van der Waals surface area contributed by atoms with E-state index in [-0.39, 0.29) is 11.9 Å². The molecule has 30 heavy (non-hydrogen) atoms. The van der Waals surface area contributed by atoms with Crippen molar-refractivity contribution in [1.82, 2.24) is 19.4 Å². The lowest BCUT2D eigenvalue weighted by Gasteiger charge is -2.18. The number of aromatic nitrogens is 2. The van der Waals surface area contributed by atoms with Crippen LogP contribution >= 0.6 is 0 Å². The highest BCUT2D eigenvalue weighted by Crippen LogP contribution is 2.21. The van der Waals surface area contributed by atoms with E-state index in [0.717, 1.165) is 16.9 Å². The molecule has 3 rings (SSSR count). The molecule has 0 radical (unpaired) electrons. The Morgan fingerprint density at radius 1 is 1.13 bits per heavy atom. The lowest BCUT2D eigenvalue weighted by molar-refractivity contribution is 0.0827. The van der Waals surface area contributed by atoms with Crippen molar-refractivity contribution in [3.8, 4) is 5.75 Å². The molecule has 3 amide bonds. The normalized spacial score (nSPS) is 10.7. The van der Waals surface area contributed by atoms with Crippen LogP contribution in [0.25, 0.3) is 11.0 Å². The maximum Gasteiger partial charge on any atom is 0.321 e. The number of fused-ring (bicyclic) bond motifs is 1. The highest BCUT2D eigenvalue weighted by atomic mass is 16.5. The molecule has 0 unspecified atom stereocenters. The number of hydrogen-bond acceptors (Lipinski definition) is 4. The molecule has 158 valence electrons. The summed E-state index contributed by atoms with van der Waals surface area (Å²) < 4.78 is 7.24. The molecule has 0 aliphatic rings. The van der Waals surface area contributed by atoms with Crippen LogP contribution in [0.5, 0.6) is 5.75 Å². The predicted octanol–water partition coefficient (Wildman–Crippen LogP) is 3.43. The summed E-state index contributed by atoms with van der Waals surface area (Å²) in [5, 5.41) is 2.86. The highest BCUT2D eigenvalue weighted by Gasteiger charge is 2.17. The number of rotatable bonds is 6. The molecular weight excluding hydrogens is 382 g/mol. The largest absolute Gasteiger partial charge is 0.497 e. The van der Waals surface area contributed by atoms with Crippen molar-refractivity contribution >= 4 is 28.7 Å². The molecule has 0 atom stereocenters. The first-order valence-corrected chi connectivity index (χ1v) is 9.71. The van der Waals surface area contributed by atoms with Crippen LogP contribution < -0.4 is 10.1 Å². The molecule has 0 aliphatic carbocycles. The van der Waals surface area contributed by atoms with Gasteiger partial charge in [0.25, 0.3) is 5.91 Å². The van der Waals surface area contributed by atoms with Gasteiger partial charge in [0.15, 0.2) is 0 Å². The molecule has 0 bridgehead atoms. The number of urea groups is 1. The van der Waals surface area contributed by atoms with Crippen LogP contribution in [0.1, 0.15) is 23.1 Å². The van der Waals surface area contributed by atoms with Crippen molar-refractivity contribution in [3.05, 3.63) is 53.9 Å². The standard InChI is InChI=1S/C22H27N5O3/c1-6-27-19-11-10-15(21(28)25(2)3)12-18(19)24-20(27)14-26(4)22(29)23-16-8-7-9-17(13-16)30-5/h7-13H,6,14H2,1-5H3,(H,23,29). The van der Waals surface area contributed by atoms with Gasteiger partial charge in [-0.25, -0.2) is 9.78 Å². The molecule has 0 aliphatic heterocycles. The summed E-state index contributed by atoms with van der Waals surface area (Å²) in [6, 6.07) is 12.5. The number of ether oxygens (including phenoxy) is 1. The van der Waals surface area contributed by atoms with Crippen molar-refractivity contribution in [2.75, 3.05) is 33.6 Å². The molecule has 0 saturated carbocycles. The number of methoxy groups -OCH3 is 1. The van der Waals surface area contributed by atoms with Crippen molar-refractivity contribution in [2.24, 2.45) is 0 Å². The summed E-state index contributed by atoms with van der Waals surface area (Å²) >= 11 is 0. The zero-order valence-corrected chi connectivity index (χ0v) is 18.0. The van der Waals surface area contributed by atoms with Crippen molar-refractivity contribution < 1.29 is 14.3 Å². The van der Waals surface area contributed by atoms with Crippen molar-refractivity contribution in [2.45, 2.75) is 20.0 Å². The fourth-order valence-electron chi connectivity index (χ4n) is 3.25. The van der Waals surface area contributed by atoms with Crippen LogP contribution in [-0.4, -0.2) is 59.5 Å². The van der Waals surface area contributed by atoms with E-state index in [1.165, 1.54) is 4.90 Å². The zero-order chi connectivity index (χ0) is 21.8. The lowest BCUT2D eigenvalue weighted by Crippen LogP contribution is -2.31. The van der Waals surface area contributed by atoms with Gasteiger partial charge in [-0.2, -0.15) is 0 Å². The minimum atomic E-state index is -0.249. The van der Waals surface area contributed by atoms with Gasteiger partial charge in [-0.05, 0) is 37.3 Å². The van der Waals surface area contributed by atoms with Gasteiger partial charge >= 0.3 is 6.03 Å². The first-order chi connectivity index (χ1) is 14.3. The number of carbonyl (C=O) groups is 2. The number of aryl methyl sites for hydroxylation is 1. The molecule has 2 aromatic carbocycles. The Hall–Kier alpha value is -3.55. The molecule has 3 aromatic rings. The van der Waals surface area contributed by atoms with Gasteiger partial charge in [0.2, 0.25) is 0 Å². The number of imidazole rings is 1.